The van der Waals surface area contributed by atoms with E-state index in [0.29, 0.717) is 5.56 Å². The Hall–Kier alpha value is -2.63. The van der Waals surface area contributed by atoms with E-state index in [2.05, 4.69) is 10.1 Å². The minimum absolute atomic E-state index is 0.323. The number of carbonyl (C=O) groups is 3. The lowest BCUT2D eigenvalue weighted by molar-refractivity contribution is -0.145. The molecule has 0 spiro atoms. The SMILES string of the molecule is COC(=O)[C@H](C)NC(=O)C(=O)/C=C(\O)c1ccccc1. The second-order valence-corrected chi connectivity index (χ2v) is 3.98. The van der Waals surface area contributed by atoms with Gasteiger partial charge in [0.15, 0.2) is 0 Å². The molecule has 1 aromatic rings. The van der Waals surface area contributed by atoms with E-state index < -0.39 is 23.7 Å². The highest BCUT2D eigenvalue weighted by Crippen LogP contribution is 2.09. The van der Waals surface area contributed by atoms with Gasteiger partial charge in [0.05, 0.1) is 7.11 Å². The summed E-state index contributed by atoms with van der Waals surface area (Å²) in [5.74, 6) is -2.94. The van der Waals surface area contributed by atoms with Crippen LogP contribution in [0.1, 0.15) is 12.5 Å². The molecule has 1 aromatic carbocycles. The van der Waals surface area contributed by atoms with Crippen LogP contribution in [0, 0.1) is 0 Å². The Morgan fingerprint density at radius 2 is 1.85 bits per heavy atom. The molecule has 1 rings (SSSR count). The van der Waals surface area contributed by atoms with E-state index in [0.717, 1.165) is 6.08 Å². The molecule has 0 aromatic heterocycles. The Morgan fingerprint density at radius 1 is 1.25 bits per heavy atom. The van der Waals surface area contributed by atoms with Crippen molar-refractivity contribution in [2.24, 2.45) is 0 Å². The number of methoxy groups -OCH3 is 1. The predicted molar refractivity (Wildman–Crippen MR) is 71.7 cm³/mol. The van der Waals surface area contributed by atoms with Crippen molar-refractivity contribution in [3.63, 3.8) is 0 Å². The summed E-state index contributed by atoms with van der Waals surface area (Å²) >= 11 is 0. The van der Waals surface area contributed by atoms with Gasteiger partial charge in [-0.2, -0.15) is 0 Å². The van der Waals surface area contributed by atoms with Crippen molar-refractivity contribution in [3.8, 4) is 0 Å². The number of carbonyl (C=O) groups excluding carboxylic acids is 3. The molecular weight excluding hydrogens is 262 g/mol. The van der Waals surface area contributed by atoms with Gasteiger partial charge in [0.25, 0.3) is 5.91 Å². The number of ether oxygens (including phenoxy) is 1. The molecule has 0 aliphatic heterocycles. The summed E-state index contributed by atoms with van der Waals surface area (Å²) < 4.78 is 4.41. The molecular formula is C14H15NO5. The molecule has 0 unspecified atom stereocenters. The summed E-state index contributed by atoms with van der Waals surface area (Å²) in [5.41, 5.74) is 0.412. The van der Waals surface area contributed by atoms with E-state index in [-0.39, 0.29) is 5.76 Å². The lowest BCUT2D eigenvalue weighted by Gasteiger charge is -2.09. The van der Waals surface area contributed by atoms with Crippen LogP contribution in [0.3, 0.4) is 0 Å². The first kappa shape index (κ1) is 15.4. The van der Waals surface area contributed by atoms with Crippen molar-refractivity contribution in [1.29, 1.82) is 0 Å². The van der Waals surface area contributed by atoms with E-state index in [1.54, 1.807) is 30.3 Å². The number of nitrogens with one attached hydrogen (secondary N) is 1. The molecule has 106 valence electrons. The maximum Gasteiger partial charge on any atom is 0.328 e. The average molecular weight is 277 g/mol. The van der Waals surface area contributed by atoms with Crippen LogP contribution in [0.25, 0.3) is 5.76 Å². The molecule has 0 aliphatic carbocycles. The summed E-state index contributed by atoms with van der Waals surface area (Å²) in [6.07, 6.45) is 0.800. The number of hydrogen-bond acceptors (Lipinski definition) is 5. The van der Waals surface area contributed by atoms with Gasteiger partial charge in [-0.05, 0) is 6.92 Å². The van der Waals surface area contributed by atoms with Crippen LogP contribution in [-0.2, 0) is 19.1 Å². The highest BCUT2D eigenvalue weighted by molar-refractivity contribution is 6.41. The molecule has 20 heavy (non-hydrogen) atoms. The van der Waals surface area contributed by atoms with Gasteiger partial charge in [-0.25, -0.2) is 4.79 Å². The van der Waals surface area contributed by atoms with Crippen molar-refractivity contribution in [2.75, 3.05) is 7.11 Å². The van der Waals surface area contributed by atoms with Crippen LogP contribution in [-0.4, -0.2) is 35.9 Å². The zero-order chi connectivity index (χ0) is 15.1. The second kappa shape index (κ2) is 7.08. The summed E-state index contributed by atoms with van der Waals surface area (Å²) in [6.45, 7) is 1.39. The monoisotopic (exact) mass is 277 g/mol. The van der Waals surface area contributed by atoms with Gasteiger partial charge >= 0.3 is 5.97 Å². The van der Waals surface area contributed by atoms with Gasteiger partial charge in [0.1, 0.15) is 11.8 Å². The minimum atomic E-state index is -0.995. The first-order chi connectivity index (χ1) is 9.45. The van der Waals surface area contributed by atoms with Crippen LogP contribution in [0.2, 0.25) is 0 Å². The van der Waals surface area contributed by atoms with E-state index >= 15 is 0 Å². The van der Waals surface area contributed by atoms with Gasteiger partial charge < -0.3 is 15.2 Å². The van der Waals surface area contributed by atoms with Crippen molar-refractivity contribution in [3.05, 3.63) is 42.0 Å². The highest BCUT2D eigenvalue weighted by Gasteiger charge is 2.20. The molecule has 0 saturated carbocycles. The van der Waals surface area contributed by atoms with Gasteiger partial charge in [0.2, 0.25) is 5.78 Å². The second-order valence-electron chi connectivity index (χ2n) is 3.98. The van der Waals surface area contributed by atoms with E-state index in [4.69, 9.17) is 0 Å². The fraction of sp³-hybridized carbons (Fsp3) is 0.214. The summed E-state index contributed by atoms with van der Waals surface area (Å²) in [5, 5.41) is 11.9. The number of amides is 1. The van der Waals surface area contributed by atoms with Crippen LogP contribution in [0.4, 0.5) is 0 Å². The van der Waals surface area contributed by atoms with Gasteiger partial charge in [-0.15, -0.1) is 0 Å². The minimum Gasteiger partial charge on any atom is -0.507 e. The molecule has 2 N–H and O–H groups in total. The van der Waals surface area contributed by atoms with Crippen molar-refractivity contribution in [2.45, 2.75) is 13.0 Å². The molecule has 0 aliphatic rings. The van der Waals surface area contributed by atoms with Crippen LogP contribution in [0.15, 0.2) is 36.4 Å². The third-order valence-corrected chi connectivity index (χ3v) is 2.46. The summed E-state index contributed by atoms with van der Waals surface area (Å²) in [6, 6.07) is 7.36. The zero-order valence-corrected chi connectivity index (χ0v) is 11.1. The topological polar surface area (TPSA) is 92.7 Å². The van der Waals surface area contributed by atoms with Crippen LogP contribution in [0.5, 0.6) is 0 Å². The van der Waals surface area contributed by atoms with Crippen LogP contribution < -0.4 is 5.32 Å². The van der Waals surface area contributed by atoms with Crippen LogP contribution >= 0.6 is 0 Å². The standard InChI is InChI=1S/C14H15NO5/c1-9(14(19)20-2)15-13(18)12(17)8-11(16)10-6-4-3-5-7-10/h3-9,16H,1-2H3,(H,15,18)/b11-8-/t9-/m0/s1. The lowest BCUT2D eigenvalue weighted by Crippen LogP contribution is -2.42. The Balaban J connectivity index is 2.71. The Labute approximate surface area is 116 Å². The Morgan fingerprint density at radius 3 is 2.40 bits per heavy atom. The smallest absolute Gasteiger partial charge is 0.328 e. The highest BCUT2D eigenvalue weighted by atomic mass is 16.5. The Bertz CT molecular complexity index is 536. The molecule has 0 saturated heterocycles. The Kier molecular flexibility index (Phi) is 5.46. The third-order valence-electron chi connectivity index (χ3n) is 2.46. The van der Waals surface area contributed by atoms with E-state index in [9.17, 15) is 19.5 Å². The van der Waals surface area contributed by atoms with Crippen molar-refractivity contribution >= 4 is 23.4 Å². The molecule has 0 heterocycles. The largest absolute Gasteiger partial charge is 0.507 e. The number of aliphatic hydroxyl groups excluding tert-OH is 1. The maximum atomic E-state index is 11.6. The third kappa shape index (κ3) is 4.24. The van der Waals surface area contributed by atoms with Gasteiger partial charge in [-0.3, -0.25) is 9.59 Å². The predicted octanol–water partition coefficient (Wildman–Crippen LogP) is 0.832. The fourth-order valence-electron chi connectivity index (χ4n) is 1.39. The number of esters is 1. The molecule has 1 amide bonds. The van der Waals surface area contributed by atoms with E-state index in [1.807, 2.05) is 0 Å². The number of benzene rings is 1. The number of rotatable bonds is 5. The molecule has 0 bridgehead atoms. The first-order valence-electron chi connectivity index (χ1n) is 5.84. The number of aliphatic hydroxyl groups is 1. The summed E-state index contributed by atoms with van der Waals surface area (Å²) in [7, 11) is 1.17. The first-order valence-corrected chi connectivity index (χ1v) is 5.84. The normalized spacial score (nSPS) is 12.4. The van der Waals surface area contributed by atoms with Gasteiger partial charge in [0, 0.05) is 11.6 Å². The molecule has 0 fully saturated rings. The van der Waals surface area contributed by atoms with E-state index in [1.165, 1.54) is 14.0 Å². The molecule has 0 radical (unpaired) electrons. The number of hydrogen-bond donors (Lipinski definition) is 2. The number of ketones is 1. The average Bonchev–Trinajstić information content (AvgIpc) is 2.46. The fourth-order valence-corrected chi connectivity index (χ4v) is 1.39. The zero-order valence-electron chi connectivity index (χ0n) is 11.1. The lowest BCUT2D eigenvalue weighted by atomic mass is 10.1. The molecule has 1 atom stereocenters. The van der Waals surface area contributed by atoms with Crippen molar-refractivity contribution in [1.82, 2.24) is 5.32 Å². The van der Waals surface area contributed by atoms with Crippen molar-refractivity contribution < 1.29 is 24.2 Å². The molecule has 6 nitrogen and oxygen atoms in total. The summed E-state index contributed by atoms with van der Waals surface area (Å²) in [4.78, 5) is 34.2. The maximum absolute atomic E-state index is 11.6. The van der Waals surface area contributed by atoms with Gasteiger partial charge in [-0.1, -0.05) is 30.3 Å². The molecule has 6 heteroatoms. The quantitative estimate of drug-likeness (QED) is 0.360.